The van der Waals surface area contributed by atoms with E-state index in [1.54, 1.807) is 0 Å². The van der Waals surface area contributed by atoms with Crippen molar-refractivity contribution >= 4 is 45.3 Å². The molecule has 0 N–H and O–H groups in total. The molecule has 160 valence electrons. The average molecular weight is 473 g/mol. The second-order valence-electron chi connectivity index (χ2n) is 9.03. The van der Waals surface area contributed by atoms with Crippen molar-refractivity contribution in [2.75, 3.05) is 0 Å². The number of rotatable bonds is 0. The highest BCUT2D eigenvalue weighted by molar-refractivity contribution is 7.99. The fourth-order valence-corrected chi connectivity index (χ4v) is 7.47. The molecular weight excluding hydrogens is 456 g/mol. The maximum Gasteiger partial charge on any atom is 0.136 e. The summed E-state index contributed by atoms with van der Waals surface area (Å²) >= 11 is 8.23. The number of hydrogen-bond acceptors (Lipinski definition) is 2. The Kier molecular flexibility index (Phi) is 3.65. The first-order chi connectivity index (χ1) is 16.7. The van der Waals surface area contributed by atoms with Crippen LogP contribution in [0.4, 0.5) is 0 Å². The van der Waals surface area contributed by atoms with Crippen LogP contribution >= 0.6 is 23.4 Å². The van der Waals surface area contributed by atoms with E-state index in [1.807, 2.05) is 30.0 Å². The van der Waals surface area contributed by atoms with Gasteiger partial charge in [0.1, 0.15) is 11.2 Å². The zero-order chi connectivity index (χ0) is 22.4. The van der Waals surface area contributed by atoms with Crippen molar-refractivity contribution in [2.24, 2.45) is 0 Å². The van der Waals surface area contributed by atoms with Gasteiger partial charge in [0.25, 0.3) is 0 Å². The summed E-state index contributed by atoms with van der Waals surface area (Å²) in [7, 11) is 0. The summed E-state index contributed by atoms with van der Waals surface area (Å²) in [6.07, 6.45) is 0. The minimum atomic E-state index is -0.374. The molecular formula is C31H17ClOS. The van der Waals surface area contributed by atoms with Crippen molar-refractivity contribution in [1.29, 1.82) is 0 Å². The number of fused-ring (bicyclic) bond motifs is 12. The molecule has 0 fully saturated rings. The van der Waals surface area contributed by atoms with Gasteiger partial charge in [-0.15, -0.1) is 0 Å². The van der Waals surface area contributed by atoms with Gasteiger partial charge in [-0.05, 0) is 69.8 Å². The van der Waals surface area contributed by atoms with Crippen LogP contribution in [0.5, 0.6) is 0 Å². The molecule has 2 aliphatic rings. The van der Waals surface area contributed by atoms with Gasteiger partial charge in [0, 0.05) is 25.6 Å². The van der Waals surface area contributed by atoms with Gasteiger partial charge in [-0.25, -0.2) is 0 Å². The smallest absolute Gasteiger partial charge is 0.136 e. The van der Waals surface area contributed by atoms with Gasteiger partial charge in [0.2, 0.25) is 0 Å². The van der Waals surface area contributed by atoms with E-state index in [0.717, 1.165) is 27.0 Å². The topological polar surface area (TPSA) is 13.1 Å². The fraction of sp³-hybridized carbons (Fsp3) is 0.0323. The maximum atomic E-state index is 6.40. The van der Waals surface area contributed by atoms with Crippen LogP contribution in [0.3, 0.4) is 0 Å². The molecule has 0 radical (unpaired) electrons. The second kappa shape index (κ2) is 6.56. The maximum absolute atomic E-state index is 6.40. The van der Waals surface area contributed by atoms with Crippen LogP contribution in [0, 0.1) is 0 Å². The van der Waals surface area contributed by atoms with E-state index in [1.165, 1.54) is 43.2 Å². The van der Waals surface area contributed by atoms with Crippen LogP contribution in [-0.4, -0.2) is 0 Å². The van der Waals surface area contributed by atoms with Crippen LogP contribution in [0.2, 0.25) is 5.02 Å². The highest BCUT2D eigenvalue weighted by Crippen LogP contribution is 2.62. The average Bonchev–Trinajstić information content (AvgIpc) is 3.37. The fourth-order valence-electron chi connectivity index (χ4n) is 6.10. The first-order valence-corrected chi connectivity index (χ1v) is 12.6. The van der Waals surface area contributed by atoms with Gasteiger partial charge in [0.15, 0.2) is 0 Å². The van der Waals surface area contributed by atoms with Gasteiger partial charge in [0.05, 0.1) is 5.41 Å². The molecule has 34 heavy (non-hydrogen) atoms. The lowest BCUT2D eigenvalue weighted by molar-refractivity contribution is 0.664. The molecule has 1 aromatic heterocycles. The summed E-state index contributed by atoms with van der Waals surface area (Å²) in [6, 6.07) is 37.1. The summed E-state index contributed by atoms with van der Waals surface area (Å²) in [6.45, 7) is 0. The van der Waals surface area contributed by atoms with E-state index >= 15 is 0 Å². The summed E-state index contributed by atoms with van der Waals surface area (Å²) in [5.41, 5.74) is 9.35. The molecule has 0 atom stereocenters. The number of halogens is 1. The van der Waals surface area contributed by atoms with Gasteiger partial charge in [-0.1, -0.05) is 90.1 Å². The van der Waals surface area contributed by atoms with Crippen molar-refractivity contribution < 1.29 is 4.42 Å². The molecule has 6 aromatic rings. The number of furan rings is 1. The van der Waals surface area contributed by atoms with Crippen LogP contribution in [0.1, 0.15) is 22.3 Å². The van der Waals surface area contributed by atoms with Crippen molar-refractivity contribution in [3.63, 3.8) is 0 Å². The molecule has 2 heterocycles. The Labute approximate surface area is 206 Å². The molecule has 1 nitrogen and oxygen atoms in total. The highest BCUT2D eigenvalue weighted by atomic mass is 35.5. The normalized spacial score (nSPS) is 14.7. The van der Waals surface area contributed by atoms with E-state index in [0.29, 0.717) is 0 Å². The van der Waals surface area contributed by atoms with Crippen LogP contribution in [0.15, 0.2) is 117 Å². The van der Waals surface area contributed by atoms with E-state index in [2.05, 4.69) is 84.9 Å². The monoisotopic (exact) mass is 472 g/mol. The van der Waals surface area contributed by atoms with Crippen LogP contribution in [0.25, 0.3) is 33.1 Å². The molecule has 0 amide bonds. The van der Waals surface area contributed by atoms with E-state index in [4.69, 9.17) is 16.0 Å². The molecule has 3 heteroatoms. The van der Waals surface area contributed by atoms with Gasteiger partial charge in [-0.2, -0.15) is 0 Å². The number of hydrogen-bond donors (Lipinski definition) is 0. The van der Waals surface area contributed by atoms with Crippen LogP contribution < -0.4 is 0 Å². The lowest BCUT2D eigenvalue weighted by atomic mass is 9.67. The summed E-state index contributed by atoms with van der Waals surface area (Å²) in [5, 5.41) is 2.89. The summed E-state index contributed by atoms with van der Waals surface area (Å²) in [4.78, 5) is 2.53. The standard InChI is InChI=1S/C31H17ClOS/c32-18-13-14-27-21(15-18)22-16-26-30(17-28(22)33-27)34-29-12-6-5-11-25(29)31(26)23-9-3-1-7-19(23)20-8-2-4-10-24(20)31/h1-17H. The molecule has 0 unspecified atom stereocenters. The molecule has 1 aliphatic carbocycles. The predicted octanol–water partition coefficient (Wildman–Crippen LogP) is 9.07. The first-order valence-electron chi connectivity index (χ1n) is 11.4. The predicted molar refractivity (Wildman–Crippen MR) is 140 cm³/mol. The molecule has 0 saturated carbocycles. The van der Waals surface area contributed by atoms with Crippen molar-refractivity contribution in [3.8, 4) is 11.1 Å². The van der Waals surface area contributed by atoms with Gasteiger partial charge in [-0.3, -0.25) is 0 Å². The quantitative estimate of drug-likeness (QED) is 0.218. The third kappa shape index (κ3) is 2.23. The van der Waals surface area contributed by atoms with Crippen molar-refractivity contribution in [3.05, 3.63) is 130 Å². The lowest BCUT2D eigenvalue weighted by Crippen LogP contribution is -2.31. The highest BCUT2D eigenvalue weighted by Gasteiger charge is 2.50. The molecule has 1 spiro atoms. The minimum absolute atomic E-state index is 0.374. The van der Waals surface area contributed by atoms with Crippen molar-refractivity contribution in [2.45, 2.75) is 15.2 Å². The molecule has 5 aromatic carbocycles. The van der Waals surface area contributed by atoms with Crippen molar-refractivity contribution in [1.82, 2.24) is 0 Å². The molecule has 8 rings (SSSR count). The third-order valence-corrected chi connectivity index (χ3v) is 8.77. The SMILES string of the molecule is Clc1ccc2oc3cc4c(cc3c2c1)C1(c2ccccc2S4)c2ccccc2-c2ccccc21. The van der Waals surface area contributed by atoms with Gasteiger partial charge >= 0.3 is 0 Å². The third-order valence-electron chi connectivity index (χ3n) is 7.40. The lowest BCUT2D eigenvalue weighted by Gasteiger charge is -2.39. The van der Waals surface area contributed by atoms with E-state index < -0.39 is 0 Å². The van der Waals surface area contributed by atoms with Gasteiger partial charge < -0.3 is 4.42 Å². The van der Waals surface area contributed by atoms with E-state index in [9.17, 15) is 0 Å². The molecule has 1 aliphatic heterocycles. The van der Waals surface area contributed by atoms with E-state index in [-0.39, 0.29) is 5.41 Å². The Morgan fingerprint density at radius 2 is 1.21 bits per heavy atom. The first kappa shape index (κ1) is 18.9. The Balaban J connectivity index is 1.59. The summed E-state index contributed by atoms with van der Waals surface area (Å²) in [5.74, 6) is 0. The zero-order valence-electron chi connectivity index (χ0n) is 18.0. The largest absolute Gasteiger partial charge is 0.456 e. The second-order valence-corrected chi connectivity index (χ2v) is 10.5. The summed E-state index contributed by atoms with van der Waals surface area (Å²) < 4.78 is 6.28. The zero-order valence-corrected chi connectivity index (χ0v) is 19.6. The molecule has 0 bridgehead atoms. The molecule has 0 saturated heterocycles. The number of benzene rings is 5. The Hall–Kier alpha value is -3.46. The Morgan fingerprint density at radius 1 is 0.559 bits per heavy atom. The van der Waals surface area contributed by atoms with Crippen LogP contribution in [-0.2, 0) is 5.41 Å². The minimum Gasteiger partial charge on any atom is -0.456 e. The Bertz CT molecular complexity index is 1770. The Morgan fingerprint density at radius 3 is 1.97 bits per heavy atom.